The van der Waals surface area contributed by atoms with Crippen LogP contribution in [0.4, 0.5) is 0 Å². The zero-order chi connectivity index (χ0) is 13.7. The zero-order valence-corrected chi connectivity index (χ0v) is 11.1. The molecule has 98 valence electrons. The summed E-state index contributed by atoms with van der Waals surface area (Å²) in [7, 11) is 3.27. The lowest BCUT2D eigenvalue weighted by molar-refractivity contribution is 0.112. The molecule has 0 saturated carbocycles. The summed E-state index contributed by atoms with van der Waals surface area (Å²) in [4.78, 5) is 11.0. The first-order valence-electron chi connectivity index (χ1n) is 6.02. The fraction of sp³-hybridized carbons (Fsp3) is 0.188. The molecule has 0 aliphatic heterocycles. The second-order valence-electron chi connectivity index (χ2n) is 4.17. The van der Waals surface area contributed by atoms with Gasteiger partial charge in [-0.15, -0.1) is 0 Å². The van der Waals surface area contributed by atoms with Gasteiger partial charge in [0.05, 0.1) is 14.2 Å². The van der Waals surface area contributed by atoms with Gasteiger partial charge in [-0.2, -0.15) is 0 Å². The van der Waals surface area contributed by atoms with Gasteiger partial charge in [0.2, 0.25) is 0 Å². The van der Waals surface area contributed by atoms with Gasteiger partial charge in [-0.3, -0.25) is 4.79 Å². The molecule has 0 aliphatic carbocycles. The molecular weight excluding hydrogens is 240 g/mol. The smallest absolute Gasteiger partial charge is 0.150 e. The number of carbonyl (C=O) groups excluding carboxylic acids is 1. The molecule has 2 aromatic carbocycles. The Kier molecular flexibility index (Phi) is 4.18. The molecule has 0 spiro atoms. The molecule has 3 nitrogen and oxygen atoms in total. The van der Waals surface area contributed by atoms with E-state index < -0.39 is 0 Å². The number of hydrogen-bond donors (Lipinski definition) is 0. The molecule has 2 rings (SSSR count). The highest BCUT2D eigenvalue weighted by molar-refractivity contribution is 5.77. The lowest BCUT2D eigenvalue weighted by Crippen LogP contribution is -1.98. The second kappa shape index (κ2) is 6.05. The van der Waals surface area contributed by atoms with Crippen molar-refractivity contribution in [1.82, 2.24) is 0 Å². The third-order valence-electron chi connectivity index (χ3n) is 3.05. The number of hydrogen-bond acceptors (Lipinski definition) is 3. The minimum atomic E-state index is 0.634. The van der Waals surface area contributed by atoms with Gasteiger partial charge >= 0.3 is 0 Å². The van der Waals surface area contributed by atoms with Crippen molar-refractivity contribution >= 4 is 6.29 Å². The Labute approximate surface area is 112 Å². The third-order valence-corrected chi connectivity index (χ3v) is 3.05. The van der Waals surface area contributed by atoms with Gasteiger partial charge in [0.1, 0.15) is 17.8 Å². The van der Waals surface area contributed by atoms with Gasteiger partial charge < -0.3 is 9.47 Å². The first-order chi connectivity index (χ1) is 9.28. The predicted octanol–water partition coefficient (Wildman–Crippen LogP) is 3.11. The van der Waals surface area contributed by atoms with Gasteiger partial charge in [-0.1, -0.05) is 24.3 Å². The van der Waals surface area contributed by atoms with Crippen molar-refractivity contribution in [2.75, 3.05) is 14.2 Å². The molecule has 0 atom stereocenters. The quantitative estimate of drug-likeness (QED) is 0.771. The van der Waals surface area contributed by atoms with Crippen LogP contribution in [0, 0.1) is 0 Å². The highest BCUT2D eigenvalue weighted by Crippen LogP contribution is 2.26. The first-order valence-corrected chi connectivity index (χ1v) is 6.02. The van der Waals surface area contributed by atoms with E-state index in [1.165, 1.54) is 0 Å². The highest BCUT2D eigenvalue weighted by Gasteiger charge is 2.08. The van der Waals surface area contributed by atoms with Crippen molar-refractivity contribution in [1.29, 1.82) is 0 Å². The third kappa shape index (κ3) is 2.94. The summed E-state index contributed by atoms with van der Waals surface area (Å²) in [6.07, 6.45) is 1.51. The van der Waals surface area contributed by atoms with E-state index >= 15 is 0 Å². The van der Waals surface area contributed by atoms with Crippen LogP contribution in [0.2, 0.25) is 0 Å². The Bertz CT molecular complexity index is 576. The monoisotopic (exact) mass is 256 g/mol. The molecule has 2 aromatic rings. The fourth-order valence-electron chi connectivity index (χ4n) is 2.04. The van der Waals surface area contributed by atoms with Gasteiger partial charge in [0.15, 0.2) is 0 Å². The van der Waals surface area contributed by atoms with E-state index in [1.54, 1.807) is 14.2 Å². The van der Waals surface area contributed by atoms with Crippen LogP contribution < -0.4 is 9.47 Å². The topological polar surface area (TPSA) is 35.5 Å². The van der Waals surface area contributed by atoms with Crippen molar-refractivity contribution in [3.05, 3.63) is 59.2 Å². The molecule has 0 fully saturated rings. The average molecular weight is 256 g/mol. The Morgan fingerprint density at radius 1 is 1.00 bits per heavy atom. The van der Waals surface area contributed by atoms with Crippen molar-refractivity contribution < 1.29 is 14.3 Å². The number of rotatable bonds is 5. The summed E-state index contributed by atoms with van der Waals surface area (Å²) < 4.78 is 10.6. The molecule has 0 heterocycles. The summed E-state index contributed by atoms with van der Waals surface area (Å²) in [5.74, 6) is 1.57. The normalized spacial score (nSPS) is 10.0. The zero-order valence-electron chi connectivity index (χ0n) is 11.1. The van der Waals surface area contributed by atoms with Crippen LogP contribution >= 0.6 is 0 Å². The molecule has 19 heavy (non-hydrogen) atoms. The summed E-state index contributed by atoms with van der Waals surface area (Å²) in [5, 5.41) is 0. The summed E-state index contributed by atoms with van der Waals surface area (Å²) in [6.45, 7) is 0. The van der Waals surface area contributed by atoms with Gasteiger partial charge in [-0.25, -0.2) is 0 Å². The molecule has 0 aromatic heterocycles. The maximum Gasteiger partial charge on any atom is 0.150 e. The Morgan fingerprint density at radius 3 is 2.47 bits per heavy atom. The maximum atomic E-state index is 11.0. The average Bonchev–Trinajstić information content (AvgIpc) is 2.47. The minimum absolute atomic E-state index is 0.634. The lowest BCUT2D eigenvalue weighted by atomic mass is 9.99. The Hall–Kier alpha value is -2.29. The summed E-state index contributed by atoms with van der Waals surface area (Å²) >= 11 is 0. The molecule has 0 radical (unpaired) electrons. The van der Waals surface area contributed by atoms with E-state index in [0.717, 1.165) is 28.9 Å². The minimum Gasteiger partial charge on any atom is -0.497 e. The molecule has 0 unspecified atom stereocenters. The van der Waals surface area contributed by atoms with E-state index in [9.17, 15) is 4.79 Å². The number of methoxy groups -OCH3 is 2. The molecule has 0 saturated heterocycles. The van der Waals surface area contributed by atoms with Crippen molar-refractivity contribution in [3.8, 4) is 11.5 Å². The van der Waals surface area contributed by atoms with E-state index in [0.29, 0.717) is 12.0 Å². The number of benzene rings is 2. The number of carbonyl (C=O) groups is 1. The largest absolute Gasteiger partial charge is 0.497 e. The highest BCUT2D eigenvalue weighted by atomic mass is 16.5. The fourth-order valence-corrected chi connectivity index (χ4v) is 2.04. The van der Waals surface area contributed by atoms with Crippen LogP contribution in [0.25, 0.3) is 0 Å². The van der Waals surface area contributed by atoms with Crippen molar-refractivity contribution in [2.24, 2.45) is 0 Å². The van der Waals surface area contributed by atoms with Gasteiger partial charge in [0.25, 0.3) is 0 Å². The molecule has 0 N–H and O–H groups in total. The van der Waals surface area contributed by atoms with Crippen LogP contribution in [0.15, 0.2) is 42.5 Å². The first kappa shape index (κ1) is 13.1. The van der Waals surface area contributed by atoms with E-state index in [4.69, 9.17) is 9.47 Å². The van der Waals surface area contributed by atoms with Gasteiger partial charge in [-0.05, 0) is 23.8 Å². The van der Waals surface area contributed by atoms with Crippen molar-refractivity contribution in [3.63, 3.8) is 0 Å². The Morgan fingerprint density at radius 2 is 1.79 bits per heavy atom. The summed E-state index contributed by atoms with van der Waals surface area (Å²) in [5.41, 5.74) is 2.67. The Balaban J connectivity index is 2.38. The van der Waals surface area contributed by atoms with E-state index in [1.807, 2.05) is 42.5 Å². The predicted molar refractivity (Wildman–Crippen MR) is 74.2 cm³/mol. The van der Waals surface area contributed by atoms with E-state index in [-0.39, 0.29) is 0 Å². The molecule has 0 aliphatic rings. The number of aldehydes is 1. The van der Waals surface area contributed by atoms with Gasteiger partial charge in [0, 0.05) is 17.5 Å². The molecule has 3 heteroatoms. The van der Waals surface area contributed by atoms with E-state index in [2.05, 4.69) is 0 Å². The van der Waals surface area contributed by atoms with Crippen LogP contribution in [0.3, 0.4) is 0 Å². The second-order valence-corrected chi connectivity index (χ2v) is 4.17. The molecular formula is C16H16O3. The standard InChI is InChI=1S/C16H16O3/c1-18-15-7-8-16(19-2)14(10-15)9-12-5-3-4-6-13(12)11-17/h3-8,10-11H,9H2,1-2H3. The molecule has 0 amide bonds. The van der Waals surface area contributed by atoms with Crippen LogP contribution in [-0.4, -0.2) is 20.5 Å². The lowest BCUT2D eigenvalue weighted by Gasteiger charge is -2.11. The summed E-state index contributed by atoms with van der Waals surface area (Å²) in [6, 6.07) is 13.2. The SMILES string of the molecule is COc1ccc(OC)c(Cc2ccccc2C=O)c1. The maximum absolute atomic E-state index is 11.0. The number of ether oxygens (including phenoxy) is 2. The van der Waals surface area contributed by atoms with Crippen LogP contribution in [0.5, 0.6) is 11.5 Å². The molecule has 0 bridgehead atoms. The van der Waals surface area contributed by atoms with Crippen LogP contribution in [-0.2, 0) is 6.42 Å². The van der Waals surface area contributed by atoms with Crippen LogP contribution in [0.1, 0.15) is 21.5 Å². The van der Waals surface area contributed by atoms with Crippen molar-refractivity contribution in [2.45, 2.75) is 6.42 Å².